The molecule has 2 heterocycles. The third kappa shape index (κ3) is 4.59. The summed E-state index contributed by atoms with van der Waals surface area (Å²) in [5.74, 6) is 1.99. The molecule has 160 valence electrons. The number of fused-ring (bicyclic) bond motifs is 1. The highest BCUT2D eigenvalue weighted by atomic mass is 16.5. The quantitative estimate of drug-likeness (QED) is 0.544. The zero-order valence-electron chi connectivity index (χ0n) is 17.5. The topological polar surface area (TPSA) is 101 Å². The van der Waals surface area contributed by atoms with E-state index in [0.717, 1.165) is 28.3 Å². The average molecular weight is 419 g/mol. The first-order valence-electron chi connectivity index (χ1n) is 10.1. The highest BCUT2D eigenvalue weighted by Crippen LogP contribution is 2.34. The minimum atomic E-state index is -0.174. The molecule has 1 unspecified atom stereocenters. The first kappa shape index (κ1) is 20.6. The molecule has 0 spiro atoms. The Hall–Kier alpha value is -3.65. The van der Waals surface area contributed by atoms with Gasteiger partial charge in [-0.2, -0.15) is 10.1 Å². The Morgan fingerprint density at radius 3 is 2.77 bits per heavy atom. The van der Waals surface area contributed by atoms with Crippen molar-refractivity contribution in [3.05, 3.63) is 71.6 Å². The van der Waals surface area contributed by atoms with Gasteiger partial charge in [-0.25, -0.2) is 4.68 Å². The molecule has 1 atom stereocenters. The number of allylic oxidation sites excluding steroid dienone is 1. The number of nitrogens with one attached hydrogen (secondary N) is 2. The van der Waals surface area contributed by atoms with Crippen molar-refractivity contribution >= 4 is 23.2 Å². The Labute approximate surface area is 180 Å². The van der Waals surface area contributed by atoms with Gasteiger partial charge in [-0.3, -0.25) is 4.79 Å². The lowest BCUT2D eigenvalue weighted by Crippen LogP contribution is -2.20. The van der Waals surface area contributed by atoms with Crippen LogP contribution in [0, 0.1) is 0 Å². The van der Waals surface area contributed by atoms with E-state index < -0.39 is 0 Å². The summed E-state index contributed by atoms with van der Waals surface area (Å²) in [5, 5.41) is 20.0. The fourth-order valence-electron chi connectivity index (χ4n) is 3.55. The Kier molecular flexibility index (Phi) is 5.99. The number of hydrogen-bond acceptors (Lipinski definition) is 6. The number of carbonyl (C=O) groups is 1. The minimum Gasteiger partial charge on any atom is -0.497 e. The number of ether oxygens (including phenoxy) is 1. The van der Waals surface area contributed by atoms with Crippen LogP contribution >= 0.6 is 0 Å². The Bertz CT molecular complexity index is 1100. The molecule has 1 aliphatic rings. The maximum absolute atomic E-state index is 11.3. The number of amides is 1. The van der Waals surface area contributed by atoms with Gasteiger partial charge in [0.25, 0.3) is 0 Å². The number of methoxy groups -OCH3 is 1. The van der Waals surface area contributed by atoms with Crippen LogP contribution in [0.1, 0.15) is 36.3 Å². The van der Waals surface area contributed by atoms with Crippen LogP contribution in [0.2, 0.25) is 0 Å². The first-order chi connectivity index (χ1) is 15.1. The summed E-state index contributed by atoms with van der Waals surface area (Å²) in [6, 6.07) is 15.3. The second-order valence-electron chi connectivity index (χ2n) is 7.31. The number of anilines is 2. The second-order valence-corrected chi connectivity index (χ2v) is 7.31. The molecule has 4 rings (SSSR count). The van der Waals surface area contributed by atoms with E-state index in [9.17, 15) is 4.79 Å². The van der Waals surface area contributed by atoms with Crippen LogP contribution in [0.25, 0.3) is 5.70 Å². The lowest BCUT2D eigenvalue weighted by Gasteiger charge is -2.24. The Morgan fingerprint density at radius 1 is 1.26 bits per heavy atom. The van der Waals surface area contributed by atoms with E-state index in [1.165, 1.54) is 6.92 Å². The van der Waals surface area contributed by atoms with Gasteiger partial charge in [0.1, 0.15) is 11.8 Å². The van der Waals surface area contributed by atoms with Crippen LogP contribution in [-0.4, -0.2) is 39.5 Å². The summed E-state index contributed by atoms with van der Waals surface area (Å²) >= 11 is 0. The number of rotatable bonds is 7. The minimum absolute atomic E-state index is 0.0980. The number of aliphatic hydroxyl groups is 1. The van der Waals surface area contributed by atoms with Gasteiger partial charge >= 0.3 is 0 Å². The molecule has 0 bridgehead atoms. The SMILES string of the molecule is COc1cccc(C2C=C(c3ccc(NC(C)=O)cc3)Nc3nc(CCCO)nn32)c1. The summed E-state index contributed by atoms with van der Waals surface area (Å²) < 4.78 is 7.26. The molecule has 8 nitrogen and oxygen atoms in total. The number of aryl methyl sites for hydroxylation is 1. The fourth-order valence-corrected chi connectivity index (χ4v) is 3.55. The van der Waals surface area contributed by atoms with Gasteiger partial charge in [-0.1, -0.05) is 24.3 Å². The van der Waals surface area contributed by atoms with E-state index in [1.807, 2.05) is 53.2 Å². The standard InChI is InChI=1S/C23H25N5O3/c1-15(30)24-18-10-8-16(9-11-18)20-14-21(17-5-3-6-19(13-17)31-2)28-23(25-20)26-22(27-28)7-4-12-29/h3,5-6,8-11,13-14,21,29H,4,7,12H2,1-2H3,(H,24,30)(H,25,26,27). The van der Waals surface area contributed by atoms with Crippen molar-refractivity contribution in [2.45, 2.75) is 25.8 Å². The predicted octanol–water partition coefficient (Wildman–Crippen LogP) is 3.23. The molecule has 1 aromatic heterocycles. The van der Waals surface area contributed by atoms with E-state index in [4.69, 9.17) is 9.84 Å². The zero-order valence-corrected chi connectivity index (χ0v) is 17.5. The van der Waals surface area contributed by atoms with Crippen molar-refractivity contribution in [1.29, 1.82) is 0 Å². The molecular formula is C23H25N5O3. The second kappa shape index (κ2) is 9.01. The number of aromatic nitrogens is 3. The van der Waals surface area contributed by atoms with Crippen LogP contribution in [0.5, 0.6) is 5.75 Å². The van der Waals surface area contributed by atoms with E-state index in [0.29, 0.717) is 24.6 Å². The summed E-state index contributed by atoms with van der Waals surface area (Å²) in [6.45, 7) is 1.58. The van der Waals surface area contributed by atoms with Crippen molar-refractivity contribution in [1.82, 2.24) is 14.8 Å². The van der Waals surface area contributed by atoms with Gasteiger partial charge in [-0.05, 0) is 47.9 Å². The van der Waals surface area contributed by atoms with Crippen molar-refractivity contribution in [3.8, 4) is 5.75 Å². The van der Waals surface area contributed by atoms with Crippen LogP contribution in [0.15, 0.2) is 54.6 Å². The maximum atomic E-state index is 11.3. The van der Waals surface area contributed by atoms with Crippen LogP contribution in [0.4, 0.5) is 11.6 Å². The molecule has 0 aliphatic carbocycles. The number of aliphatic hydroxyl groups excluding tert-OH is 1. The fraction of sp³-hybridized carbons (Fsp3) is 0.261. The van der Waals surface area contributed by atoms with E-state index in [2.05, 4.69) is 26.8 Å². The highest BCUT2D eigenvalue weighted by Gasteiger charge is 2.25. The van der Waals surface area contributed by atoms with Crippen molar-refractivity contribution in [2.75, 3.05) is 24.4 Å². The van der Waals surface area contributed by atoms with Gasteiger partial charge < -0.3 is 20.5 Å². The molecule has 8 heteroatoms. The number of carbonyl (C=O) groups excluding carboxylic acids is 1. The molecule has 0 radical (unpaired) electrons. The smallest absolute Gasteiger partial charge is 0.226 e. The van der Waals surface area contributed by atoms with Crippen LogP contribution < -0.4 is 15.4 Å². The molecular weight excluding hydrogens is 394 g/mol. The molecule has 2 aromatic carbocycles. The van der Waals surface area contributed by atoms with Gasteiger partial charge in [-0.15, -0.1) is 0 Å². The third-order valence-corrected chi connectivity index (χ3v) is 5.02. The normalized spacial score (nSPS) is 14.9. The molecule has 1 aliphatic heterocycles. The first-order valence-corrected chi connectivity index (χ1v) is 10.1. The van der Waals surface area contributed by atoms with Gasteiger partial charge in [0.05, 0.1) is 7.11 Å². The van der Waals surface area contributed by atoms with Gasteiger partial charge in [0.15, 0.2) is 5.82 Å². The van der Waals surface area contributed by atoms with E-state index in [1.54, 1.807) is 7.11 Å². The lowest BCUT2D eigenvalue weighted by molar-refractivity contribution is -0.114. The number of benzene rings is 2. The average Bonchev–Trinajstić information content (AvgIpc) is 3.20. The Balaban J connectivity index is 1.72. The van der Waals surface area contributed by atoms with Crippen molar-refractivity contribution < 1.29 is 14.6 Å². The molecule has 0 saturated carbocycles. The third-order valence-electron chi connectivity index (χ3n) is 5.02. The number of nitrogens with zero attached hydrogens (tertiary/aromatic N) is 3. The predicted molar refractivity (Wildman–Crippen MR) is 119 cm³/mol. The van der Waals surface area contributed by atoms with Crippen molar-refractivity contribution in [3.63, 3.8) is 0 Å². The highest BCUT2D eigenvalue weighted by molar-refractivity contribution is 5.89. The largest absolute Gasteiger partial charge is 0.497 e. The van der Waals surface area contributed by atoms with Crippen molar-refractivity contribution in [2.24, 2.45) is 0 Å². The molecule has 0 saturated heterocycles. The van der Waals surface area contributed by atoms with Crippen LogP contribution in [-0.2, 0) is 11.2 Å². The molecule has 0 fully saturated rings. The van der Waals surface area contributed by atoms with E-state index in [-0.39, 0.29) is 18.6 Å². The molecule has 1 amide bonds. The Morgan fingerprint density at radius 2 is 2.06 bits per heavy atom. The summed E-state index contributed by atoms with van der Waals surface area (Å²) in [5.41, 5.74) is 3.63. The number of hydrogen-bond donors (Lipinski definition) is 3. The lowest BCUT2D eigenvalue weighted by atomic mass is 10.0. The zero-order chi connectivity index (χ0) is 21.8. The monoisotopic (exact) mass is 419 g/mol. The van der Waals surface area contributed by atoms with Crippen LogP contribution in [0.3, 0.4) is 0 Å². The summed E-state index contributed by atoms with van der Waals surface area (Å²) in [6.07, 6.45) is 3.31. The van der Waals surface area contributed by atoms with Gasteiger partial charge in [0, 0.05) is 31.3 Å². The van der Waals surface area contributed by atoms with E-state index >= 15 is 0 Å². The maximum Gasteiger partial charge on any atom is 0.226 e. The molecule has 3 aromatic rings. The van der Waals surface area contributed by atoms with Gasteiger partial charge in [0.2, 0.25) is 11.9 Å². The summed E-state index contributed by atoms with van der Waals surface area (Å²) in [4.78, 5) is 15.9. The molecule has 3 N–H and O–H groups in total. The summed E-state index contributed by atoms with van der Waals surface area (Å²) in [7, 11) is 1.65. The molecule has 31 heavy (non-hydrogen) atoms.